The molecule has 1 N–H and O–H groups in total. The van der Waals surface area contributed by atoms with Gasteiger partial charge in [-0.15, -0.1) is 0 Å². The summed E-state index contributed by atoms with van der Waals surface area (Å²) in [5, 5.41) is 3.06. The standard InChI is InChI=1S/C15H13BrF3N/c1-20-15(11-8-10(17)3-4-12(11)16)7-9-2-5-13(18)14(19)6-9/h2-6,8,15,20H,7H2,1H3. The van der Waals surface area contributed by atoms with Crippen molar-refractivity contribution in [2.75, 3.05) is 7.05 Å². The normalized spacial score (nSPS) is 12.4. The minimum absolute atomic E-state index is 0.204. The molecule has 0 saturated heterocycles. The van der Waals surface area contributed by atoms with Crippen LogP contribution in [0.5, 0.6) is 0 Å². The highest BCUT2D eigenvalue weighted by atomic mass is 79.9. The smallest absolute Gasteiger partial charge is 0.159 e. The minimum atomic E-state index is -0.879. The first-order valence-electron chi connectivity index (χ1n) is 6.07. The Labute approximate surface area is 123 Å². The lowest BCUT2D eigenvalue weighted by Gasteiger charge is -2.18. The number of hydrogen-bond acceptors (Lipinski definition) is 1. The molecule has 1 unspecified atom stereocenters. The van der Waals surface area contributed by atoms with Crippen molar-refractivity contribution >= 4 is 15.9 Å². The average molecular weight is 344 g/mol. The molecule has 2 aromatic carbocycles. The van der Waals surface area contributed by atoms with E-state index in [0.717, 1.165) is 22.2 Å². The molecule has 0 aliphatic heterocycles. The molecule has 0 saturated carbocycles. The molecule has 0 aliphatic carbocycles. The Kier molecular flexibility index (Phi) is 4.83. The Bertz CT molecular complexity index is 616. The van der Waals surface area contributed by atoms with E-state index in [2.05, 4.69) is 21.2 Å². The van der Waals surface area contributed by atoms with Gasteiger partial charge < -0.3 is 5.32 Å². The van der Waals surface area contributed by atoms with Crippen LogP contribution in [0.25, 0.3) is 0 Å². The van der Waals surface area contributed by atoms with E-state index in [1.165, 1.54) is 18.2 Å². The minimum Gasteiger partial charge on any atom is -0.313 e. The summed E-state index contributed by atoms with van der Waals surface area (Å²) in [6.07, 6.45) is 0.426. The predicted molar refractivity (Wildman–Crippen MR) is 76.0 cm³/mol. The fourth-order valence-corrected chi connectivity index (χ4v) is 2.57. The quantitative estimate of drug-likeness (QED) is 0.869. The highest BCUT2D eigenvalue weighted by Crippen LogP contribution is 2.27. The molecular weight excluding hydrogens is 331 g/mol. The molecule has 1 nitrogen and oxygen atoms in total. The third-order valence-electron chi connectivity index (χ3n) is 3.11. The van der Waals surface area contributed by atoms with Gasteiger partial charge in [0.1, 0.15) is 5.82 Å². The van der Waals surface area contributed by atoms with Gasteiger partial charge in [-0.05, 0) is 54.9 Å². The van der Waals surface area contributed by atoms with E-state index in [4.69, 9.17) is 0 Å². The third-order valence-corrected chi connectivity index (χ3v) is 3.83. The Balaban J connectivity index is 2.28. The molecule has 0 spiro atoms. The number of benzene rings is 2. The summed E-state index contributed by atoms with van der Waals surface area (Å²) in [6.45, 7) is 0. The first kappa shape index (κ1) is 15.1. The van der Waals surface area contributed by atoms with Crippen LogP contribution in [0.3, 0.4) is 0 Å². The zero-order valence-corrected chi connectivity index (χ0v) is 12.3. The second-order valence-electron chi connectivity index (χ2n) is 4.46. The van der Waals surface area contributed by atoms with Crippen molar-refractivity contribution in [2.24, 2.45) is 0 Å². The Morgan fingerprint density at radius 3 is 2.45 bits per heavy atom. The van der Waals surface area contributed by atoms with E-state index < -0.39 is 11.6 Å². The lowest BCUT2D eigenvalue weighted by atomic mass is 9.99. The summed E-state index contributed by atoms with van der Waals surface area (Å²) >= 11 is 3.37. The maximum atomic E-state index is 13.3. The van der Waals surface area contributed by atoms with Crippen molar-refractivity contribution in [2.45, 2.75) is 12.5 Å². The van der Waals surface area contributed by atoms with Crippen LogP contribution in [-0.2, 0) is 6.42 Å². The molecule has 0 aromatic heterocycles. The van der Waals surface area contributed by atoms with E-state index in [1.807, 2.05) is 0 Å². The molecule has 5 heteroatoms. The van der Waals surface area contributed by atoms with E-state index in [9.17, 15) is 13.2 Å². The topological polar surface area (TPSA) is 12.0 Å². The molecule has 0 amide bonds. The van der Waals surface area contributed by atoms with E-state index in [-0.39, 0.29) is 11.9 Å². The van der Waals surface area contributed by atoms with Crippen LogP contribution in [-0.4, -0.2) is 7.05 Å². The number of rotatable bonds is 4. The van der Waals surface area contributed by atoms with Crippen LogP contribution < -0.4 is 5.32 Å². The van der Waals surface area contributed by atoms with E-state index >= 15 is 0 Å². The molecule has 0 bridgehead atoms. The van der Waals surface area contributed by atoms with Gasteiger partial charge in [-0.25, -0.2) is 13.2 Å². The summed E-state index contributed by atoms with van der Waals surface area (Å²) in [6, 6.07) is 7.98. The van der Waals surface area contributed by atoms with Crippen LogP contribution in [0.2, 0.25) is 0 Å². The zero-order valence-electron chi connectivity index (χ0n) is 10.8. The largest absolute Gasteiger partial charge is 0.313 e. The van der Waals surface area contributed by atoms with Crippen LogP contribution in [0.1, 0.15) is 17.2 Å². The van der Waals surface area contributed by atoms with Crippen molar-refractivity contribution in [1.29, 1.82) is 0 Å². The first-order valence-corrected chi connectivity index (χ1v) is 6.86. The van der Waals surface area contributed by atoms with Crippen molar-refractivity contribution in [3.8, 4) is 0 Å². The van der Waals surface area contributed by atoms with Gasteiger partial charge in [-0.1, -0.05) is 22.0 Å². The lowest BCUT2D eigenvalue weighted by Crippen LogP contribution is -2.19. The SMILES string of the molecule is CNC(Cc1ccc(F)c(F)c1)c1cc(F)ccc1Br. The van der Waals surface area contributed by atoms with Gasteiger partial charge in [0.15, 0.2) is 11.6 Å². The second kappa shape index (κ2) is 6.41. The number of halogens is 4. The Morgan fingerprint density at radius 2 is 1.80 bits per heavy atom. The van der Waals surface area contributed by atoms with Gasteiger partial charge in [0.25, 0.3) is 0 Å². The molecular formula is C15H13BrF3N. The Morgan fingerprint density at radius 1 is 1.05 bits per heavy atom. The molecule has 2 aromatic rings. The molecule has 0 radical (unpaired) electrons. The molecule has 0 heterocycles. The number of likely N-dealkylation sites (N-methyl/N-ethyl adjacent to an activating group) is 1. The Hall–Kier alpha value is -1.33. The molecule has 0 fully saturated rings. The summed E-state index contributed by atoms with van der Waals surface area (Å²) in [7, 11) is 1.74. The molecule has 106 valence electrons. The molecule has 0 aliphatic rings. The van der Waals surface area contributed by atoms with Gasteiger partial charge in [-0.3, -0.25) is 0 Å². The van der Waals surface area contributed by atoms with Crippen LogP contribution in [0.4, 0.5) is 13.2 Å². The van der Waals surface area contributed by atoms with Crippen LogP contribution in [0.15, 0.2) is 40.9 Å². The highest BCUT2D eigenvalue weighted by Gasteiger charge is 2.15. The molecule has 2 rings (SSSR count). The van der Waals surface area contributed by atoms with Crippen molar-refractivity contribution in [1.82, 2.24) is 5.32 Å². The fourth-order valence-electron chi connectivity index (χ4n) is 2.05. The van der Waals surface area contributed by atoms with Gasteiger partial charge in [0.05, 0.1) is 0 Å². The van der Waals surface area contributed by atoms with Gasteiger partial charge >= 0.3 is 0 Å². The summed E-state index contributed by atoms with van der Waals surface area (Å²) in [4.78, 5) is 0. The predicted octanol–water partition coefficient (Wildman–Crippen LogP) is 4.37. The maximum Gasteiger partial charge on any atom is 0.159 e. The molecule has 20 heavy (non-hydrogen) atoms. The lowest BCUT2D eigenvalue weighted by molar-refractivity contribution is 0.504. The number of nitrogens with one attached hydrogen (secondary N) is 1. The van der Waals surface area contributed by atoms with Gasteiger partial charge in [-0.2, -0.15) is 0 Å². The van der Waals surface area contributed by atoms with E-state index in [1.54, 1.807) is 13.1 Å². The maximum absolute atomic E-state index is 13.3. The van der Waals surface area contributed by atoms with Crippen LogP contribution in [0, 0.1) is 17.5 Å². The van der Waals surface area contributed by atoms with Gasteiger partial charge in [0, 0.05) is 10.5 Å². The third kappa shape index (κ3) is 3.41. The van der Waals surface area contributed by atoms with E-state index in [0.29, 0.717) is 12.0 Å². The average Bonchev–Trinajstić information content (AvgIpc) is 2.43. The highest BCUT2D eigenvalue weighted by molar-refractivity contribution is 9.10. The zero-order chi connectivity index (χ0) is 14.7. The first-order chi connectivity index (χ1) is 9.51. The van der Waals surface area contributed by atoms with Crippen LogP contribution >= 0.6 is 15.9 Å². The van der Waals surface area contributed by atoms with Crippen molar-refractivity contribution in [3.63, 3.8) is 0 Å². The summed E-state index contributed by atoms with van der Waals surface area (Å²) in [5.41, 5.74) is 1.37. The monoisotopic (exact) mass is 343 g/mol. The summed E-state index contributed by atoms with van der Waals surface area (Å²) < 4.78 is 40.2. The van der Waals surface area contributed by atoms with Crippen molar-refractivity contribution < 1.29 is 13.2 Å². The van der Waals surface area contributed by atoms with Crippen molar-refractivity contribution in [3.05, 3.63) is 69.4 Å². The second-order valence-corrected chi connectivity index (χ2v) is 5.31. The van der Waals surface area contributed by atoms with Gasteiger partial charge in [0.2, 0.25) is 0 Å². The number of hydrogen-bond donors (Lipinski definition) is 1. The fraction of sp³-hybridized carbons (Fsp3) is 0.200. The summed E-state index contributed by atoms with van der Waals surface area (Å²) in [5.74, 6) is -2.09. The molecule has 1 atom stereocenters.